The number of likely N-dealkylation sites (tertiary alicyclic amines) is 1. The Balaban J connectivity index is 1.64. The summed E-state index contributed by atoms with van der Waals surface area (Å²) in [6.07, 6.45) is 0.522. The average Bonchev–Trinajstić information content (AvgIpc) is 2.72. The molecule has 0 radical (unpaired) electrons. The molecule has 1 atom stereocenters. The van der Waals surface area contributed by atoms with Crippen molar-refractivity contribution in [3.63, 3.8) is 0 Å². The summed E-state index contributed by atoms with van der Waals surface area (Å²) in [5.41, 5.74) is 0. The van der Waals surface area contributed by atoms with Crippen LogP contribution in [0.2, 0.25) is 0 Å². The molecule has 2 heterocycles. The number of halogens is 2. The summed E-state index contributed by atoms with van der Waals surface area (Å²) in [4.78, 5) is 15.5. The summed E-state index contributed by atoms with van der Waals surface area (Å²) in [5.74, 6) is -1.87. The van der Waals surface area contributed by atoms with Crippen LogP contribution in [-0.4, -0.2) is 61.4 Å². The van der Waals surface area contributed by atoms with Crippen molar-refractivity contribution in [1.82, 2.24) is 9.21 Å². The summed E-state index contributed by atoms with van der Waals surface area (Å²) in [7, 11) is -3.69. The first kappa shape index (κ1) is 23.5. The third-order valence-corrected chi connectivity index (χ3v) is 8.90. The molecule has 0 unspecified atom stereocenters. The van der Waals surface area contributed by atoms with Gasteiger partial charge in [0.1, 0.15) is 0 Å². The molecule has 0 aliphatic carbocycles. The van der Waals surface area contributed by atoms with E-state index in [4.69, 9.17) is 0 Å². The number of sulfonamides is 1. The van der Waals surface area contributed by atoms with Gasteiger partial charge in [0, 0.05) is 49.7 Å². The van der Waals surface area contributed by atoms with Crippen LogP contribution in [0.5, 0.6) is 0 Å². The summed E-state index contributed by atoms with van der Waals surface area (Å²) in [6, 6.07) is 6.88. The predicted molar refractivity (Wildman–Crippen MR) is 114 cm³/mol. The first-order valence-electron chi connectivity index (χ1n) is 10.5. The van der Waals surface area contributed by atoms with Crippen molar-refractivity contribution < 1.29 is 22.0 Å². The molecular formula is C21H30F2N2O3S2. The molecule has 2 aliphatic rings. The number of piperidine rings is 2. The average molecular weight is 461 g/mol. The van der Waals surface area contributed by atoms with Crippen LogP contribution in [0.3, 0.4) is 0 Å². The minimum atomic E-state index is -3.69. The summed E-state index contributed by atoms with van der Waals surface area (Å²) in [6.45, 7) is 4.81. The van der Waals surface area contributed by atoms with E-state index < -0.39 is 21.9 Å². The van der Waals surface area contributed by atoms with E-state index >= 15 is 0 Å². The van der Waals surface area contributed by atoms with Gasteiger partial charge in [-0.15, -0.1) is 11.8 Å². The molecule has 2 fully saturated rings. The molecule has 0 aromatic heterocycles. The molecule has 30 heavy (non-hydrogen) atoms. The van der Waals surface area contributed by atoms with Crippen LogP contribution in [0.25, 0.3) is 0 Å². The molecule has 0 saturated carbocycles. The molecule has 0 bridgehead atoms. The molecule has 5 nitrogen and oxygen atoms in total. The van der Waals surface area contributed by atoms with Gasteiger partial charge in [-0.25, -0.2) is 17.2 Å². The topological polar surface area (TPSA) is 57.7 Å². The first-order chi connectivity index (χ1) is 14.1. The van der Waals surface area contributed by atoms with E-state index in [0.29, 0.717) is 25.3 Å². The van der Waals surface area contributed by atoms with Gasteiger partial charge < -0.3 is 4.90 Å². The zero-order chi connectivity index (χ0) is 21.9. The third-order valence-electron chi connectivity index (χ3n) is 5.58. The molecule has 2 saturated heterocycles. The lowest BCUT2D eigenvalue weighted by atomic mass is 9.96. The molecular weight excluding hydrogens is 430 g/mol. The number of hydrogen-bond donors (Lipinski definition) is 0. The van der Waals surface area contributed by atoms with E-state index in [0.717, 1.165) is 10.6 Å². The SMILES string of the molecule is CC(C)CSc1ccc(S(=O)(=O)N2CCC[C@@H](C(=O)N3CCC(F)(F)CC3)C2)cc1. The Morgan fingerprint density at radius 1 is 1.17 bits per heavy atom. The first-order valence-corrected chi connectivity index (χ1v) is 12.9. The number of nitrogens with zero attached hydrogens (tertiary/aromatic N) is 2. The molecule has 2 aliphatic heterocycles. The molecule has 1 aromatic carbocycles. The molecule has 1 amide bonds. The second kappa shape index (κ2) is 9.53. The normalized spacial score (nSPS) is 23.0. The van der Waals surface area contributed by atoms with E-state index in [1.165, 1.54) is 9.21 Å². The standard InChI is InChI=1S/C21H30F2N2O3S2/c1-16(2)15-29-18-5-7-19(8-6-18)30(27,28)25-11-3-4-17(14-25)20(26)24-12-9-21(22,23)10-13-24/h5-8,16-17H,3-4,9-15H2,1-2H3/t17-/m1/s1. The van der Waals surface area contributed by atoms with Crippen LogP contribution in [0.4, 0.5) is 8.78 Å². The predicted octanol–water partition coefficient (Wildman–Crippen LogP) is 4.09. The highest BCUT2D eigenvalue weighted by atomic mass is 32.2. The number of hydrogen-bond acceptors (Lipinski definition) is 4. The number of rotatable bonds is 6. The van der Waals surface area contributed by atoms with Gasteiger partial charge >= 0.3 is 0 Å². The van der Waals surface area contributed by atoms with Crippen LogP contribution < -0.4 is 0 Å². The summed E-state index contributed by atoms with van der Waals surface area (Å²) < 4.78 is 54.3. The lowest BCUT2D eigenvalue weighted by Crippen LogP contribution is -2.49. The van der Waals surface area contributed by atoms with Crippen molar-refractivity contribution in [2.75, 3.05) is 31.9 Å². The van der Waals surface area contributed by atoms with Gasteiger partial charge in [-0.1, -0.05) is 13.8 Å². The quantitative estimate of drug-likeness (QED) is 0.600. The van der Waals surface area contributed by atoms with E-state index in [2.05, 4.69) is 13.8 Å². The van der Waals surface area contributed by atoms with Crippen molar-refractivity contribution >= 4 is 27.7 Å². The monoisotopic (exact) mass is 460 g/mol. The van der Waals surface area contributed by atoms with E-state index in [1.54, 1.807) is 23.9 Å². The fourth-order valence-electron chi connectivity index (χ4n) is 3.79. The number of thioether (sulfide) groups is 1. The largest absolute Gasteiger partial charge is 0.342 e. The van der Waals surface area contributed by atoms with Gasteiger partial charge in [-0.2, -0.15) is 4.31 Å². The highest BCUT2D eigenvalue weighted by molar-refractivity contribution is 7.99. The molecule has 168 valence electrons. The molecule has 0 spiro atoms. The Bertz CT molecular complexity index is 834. The maximum Gasteiger partial charge on any atom is 0.251 e. The summed E-state index contributed by atoms with van der Waals surface area (Å²) >= 11 is 1.69. The van der Waals surface area contributed by atoms with Crippen LogP contribution >= 0.6 is 11.8 Å². The van der Waals surface area contributed by atoms with Crippen molar-refractivity contribution in [3.05, 3.63) is 24.3 Å². The lowest BCUT2D eigenvalue weighted by molar-refractivity contribution is -0.142. The van der Waals surface area contributed by atoms with Gasteiger partial charge in [0.25, 0.3) is 5.92 Å². The van der Waals surface area contributed by atoms with Gasteiger partial charge in [0.05, 0.1) is 10.8 Å². The van der Waals surface area contributed by atoms with Gasteiger partial charge in [-0.3, -0.25) is 4.79 Å². The fourth-order valence-corrected chi connectivity index (χ4v) is 6.17. The Morgan fingerprint density at radius 2 is 1.80 bits per heavy atom. The van der Waals surface area contributed by atoms with Gasteiger partial charge in [-0.05, 0) is 43.0 Å². The number of carbonyl (C=O) groups is 1. The van der Waals surface area contributed by atoms with Crippen LogP contribution in [0.15, 0.2) is 34.1 Å². The number of amides is 1. The molecule has 1 aromatic rings. The number of alkyl halides is 2. The maximum atomic E-state index is 13.4. The molecule has 0 N–H and O–H groups in total. The maximum absolute atomic E-state index is 13.4. The zero-order valence-electron chi connectivity index (χ0n) is 17.5. The minimum Gasteiger partial charge on any atom is -0.342 e. The van der Waals surface area contributed by atoms with Crippen molar-refractivity contribution in [1.29, 1.82) is 0 Å². The Kier molecular flexibility index (Phi) is 7.45. The van der Waals surface area contributed by atoms with E-state index in [1.807, 2.05) is 12.1 Å². The highest BCUT2D eigenvalue weighted by Gasteiger charge is 2.39. The smallest absolute Gasteiger partial charge is 0.251 e. The van der Waals surface area contributed by atoms with Gasteiger partial charge in [0.2, 0.25) is 15.9 Å². The number of carbonyl (C=O) groups excluding carboxylic acids is 1. The number of benzene rings is 1. The van der Waals surface area contributed by atoms with E-state index in [-0.39, 0.29) is 43.3 Å². The van der Waals surface area contributed by atoms with Crippen LogP contribution in [0.1, 0.15) is 39.5 Å². The minimum absolute atomic E-state index is 0.0323. The van der Waals surface area contributed by atoms with Crippen LogP contribution in [-0.2, 0) is 14.8 Å². The Labute approximate surface area is 182 Å². The fraction of sp³-hybridized carbons (Fsp3) is 0.667. The molecule has 3 rings (SSSR count). The van der Waals surface area contributed by atoms with Crippen molar-refractivity contribution in [2.45, 2.75) is 55.2 Å². The highest BCUT2D eigenvalue weighted by Crippen LogP contribution is 2.31. The molecule has 9 heteroatoms. The van der Waals surface area contributed by atoms with E-state index in [9.17, 15) is 22.0 Å². The third kappa shape index (κ3) is 5.73. The van der Waals surface area contributed by atoms with Crippen molar-refractivity contribution in [2.24, 2.45) is 11.8 Å². The lowest BCUT2D eigenvalue weighted by Gasteiger charge is -2.37. The zero-order valence-corrected chi connectivity index (χ0v) is 19.2. The van der Waals surface area contributed by atoms with Crippen LogP contribution in [0, 0.1) is 11.8 Å². The van der Waals surface area contributed by atoms with Crippen molar-refractivity contribution in [3.8, 4) is 0 Å². The van der Waals surface area contributed by atoms with Gasteiger partial charge in [0.15, 0.2) is 0 Å². The Morgan fingerprint density at radius 3 is 2.40 bits per heavy atom. The second-order valence-corrected chi connectivity index (χ2v) is 11.6. The summed E-state index contributed by atoms with van der Waals surface area (Å²) in [5, 5.41) is 0. The second-order valence-electron chi connectivity index (χ2n) is 8.56. The Hall–Kier alpha value is -1.19.